The van der Waals surface area contributed by atoms with Crippen molar-refractivity contribution >= 4 is 11.8 Å². The summed E-state index contributed by atoms with van der Waals surface area (Å²) >= 11 is 2.12. The Morgan fingerprint density at radius 1 is 1.29 bits per heavy atom. The van der Waals surface area contributed by atoms with Crippen LogP contribution in [-0.2, 0) is 0 Å². The van der Waals surface area contributed by atoms with Crippen LogP contribution in [0.2, 0.25) is 0 Å². The average Bonchev–Trinajstić information content (AvgIpc) is 3.01. The normalized spacial score (nSPS) is 32.6. The number of likely N-dealkylation sites (tertiary alicyclic amines) is 1. The van der Waals surface area contributed by atoms with E-state index in [1.807, 2.05) is 0 Å². The Hall–Kier alpha value is 0.270. The highest BCUT2D eigenvalue weighted by molar-refractivity contribution is 8.00. The van der Waals surface area contributed by atoms with Gasteiger partial charge in [-0.1, -0.05) is 6.42 Å². The maximum atomic E-state index is 3.69. The summed E-state index contributed by atoms with van der Waals surface area (Å²) in [5.41, 5.74) is 0. The molecule has 1 heterocycles. The molecule has 0 radical (unpaired) electrons. The minimum Gasteiger partial charge on any atom is -0.314 e. The number of nitrogens with one attached hydrogen (secondary N) is 1. The minimum atomic E-state index is 0.638. The standard InChI is InChI=1S/C14H26N2S/c1-17-14(6-2-7-14)11-16-8-5-12(10-16)9-15-13-3-4-13/h12-13,15H,2-11H2,1H3. The van der Waals surface area contributed by atoms with Gasteiger partial charge in [0, 0.05) is 23.9 Å². The van der Waals surface area contributed by atoms with Gasteiger partial charge in [0.25, 0.3) is 0 Å². The van der Waals surface area contributed by atoms with E-state index < -0.39 is 0 Å². The lowest BCUT2D eigenvalue weighted by Crippen LogP contribution is -2.44. The molecule has 1 saturated heterocycles. The van der Waals surface area contributed by atoms with Crippen molar-refractivity contribution in [3.8, 4) is 0 Å². The van der Waals surface area contributed by atoms with Crippen LogP contribution in [0, 0.1) is 5.92 Å². The van der Waals surface area contributed by atoms with Gasteiger partial charge in [0.05, 0.1) is 0 Å². The van der Waals surface area contributed by atoms with Crippen molar-refractivity contribution in [2.75, 3.05) is 32.4 Å². The summed E-state index contributed by atoms with van der Waals surface area (Å²) in [4.78, 5) is 2.73. The molecule has 2 aliphatic carbocycles. The molecule has 1 N–H and O–H groups in total. The largest absolute Gasteiger partial charge is 0.314 e. The molecule has 0 bridgehead atoms. The highest BCUT2D eigenvalue weighted by Gasteiger charge is 2.39. The first kappa shape index (κ1) is 12.3. The molecule has 98 valence electrons. The zero-order valence-corrected chi connectivity index (χ0v) is 11.9. The molecule has 2 saturated carbocycles. The van der Waals surface area contributed by atoms with E-state index in [0.29, 0.717) is 4.75 Å². The van der Waals surface area contributed by atoms with Crippen LogP contribution in [0.25, 0.3) is 0 Å². The van der Waals surface area contributed by atoms with E-state index in [1.165, 1.54) is 64.7 Å². The molecule has 2 nitrogen and oxygen atoms in total. The smallest absolute Gasteiger partial charge is 0.0284 e. The van der Waals surface area contributed by atoms with Gasteiger partial charge >= 0.3 is 0 Å². The Labute approximate surface area is 110 Å². The molecule has 0 amide bonds. The highest BCUT2D eigenvalue weighted by Crippen LogP contribution is 2.43. The SMILES string of the molecule is CSC1(CN2CCC(CNC3CC3)C2)CCC1. The van der Waals surface area contributed by atoms with E-state index in [-0.39, 0.29) is 0 Å². The van der Waals surface area contributed by atoms with Crippen molar-refractivity contribution in [2.45, 2.75) is 49.3 Å². The van der Waals surface area contributed by atoms with Gasteiger partial charge in [-0.2, -0.15) is 11.8 Å². The summed E-state index contributed by atoms with van der Waals surface area (Å²) in [6.45, 7) is 5.32. The molecule has 3 rings (SSSR count). The molecule has 0 aromatic heterocycles. The molecule has 1 aliphatic heterocycles. The monoisotopic (exact) mass is 254 g/mol. The molecular weight excluding hydrogens is 228 g/mol. The van der Waals surface area contributed by atoms with Gasteiger partial charge in [0.1, 0.15) is 0 Å². The van der Waals surface area contributed by atoms with Gasteiger partial charge in [-0.05, 0) is 57.4 Å². The second kappa shape index (κ2) is 5.10. The van der Waals surface area contributed by atoms with Gasteiger partial charge < -0.3 is 10.2 Å². The van der Waals surface area contributed by atoms with Crippen molar-refractivity contribution < 1.29 is 0 Å². The zero-order chi connectivity index (χ0) is 11.7. The quantitative estimate of drug-likeness (QED) is 0.783. The summed E-state index contributed by atoms with van der Waals surface area (Å²) in [6.07, 6.45) is 10.9. The molecule has 3 fully saturated rings. The van der Waals surface area contributed by atoms with Gasteiger partial charge in [-0.15, -0.1) is 0 Å². The third kappa shape index (κ3) is 2.99. The summed E-state index contributed by atoms with van der Waals surface area (Å²) in [7, 11) is 0. The summed E-state index contributed by atoms with van der Waals surface area (Å²) in [5.74, 6) is 0.926. The van der Waals surface area contributed by atoms with E-state index in [1.54, 1.807) is 0 Å². The number of thioether (sulfide) groups is 1. The zero-order valence-electron chi connectivity index (χ0n) is 11.1. The van der Waals surface area contributed by atoms with Gasteiger partial charge in [-0.25, -0.2) is 0 Å². The number of hydrogen-bond acceptors (Lipinski definition) is 3. The predicted molar refractivity (Wildman–Crippen MR) is 75.7 cm³/mol. The van der Waals surface area contributed by atoms with E-state index in [4.69, 9.17) is 0 Å². The lowest BCUT2D eigenvalue weighted by atomic mass is 9.84. The minimum absolute atomic E-state index is 0.638. The summed E-state index contributed by atoms with van der Waals surface area (Å²) in [6, 6.07) is 0.883. The first-order chi connectivity index (χ1) is 8.30. The molecular formula is C14H26N2S. The van der Waals surface area contributed by atoms with Crippen LogP contribution in [0.4, 0.5) is 0 Å². The second-order valence-corrected chi connectivity index (χ2v) is 7.59. The first-order valence-electron chi connectivity index (χ1n) is 7.31. The predicted octanol–water partition coefficient (Wildman–Crippen LogP) is 2.35. The van der Waals surface area contributed by atoms with E-state index >= 15 is 0 Å². The lowest BCUT2D eigenvalue weighted by molar-refractivity contribution is 0.228. The number of rotatable bonds is 6. The Bertz CT molecular complexity index is 255. The van der Waals surface area contributed by atoms with Crippen LogP contribution in [0.1, 0.15) is 38.5 Å². The fourth-order valence-corrected chi connectivity index (χ4v) is 4.26. The Balaban J connectivity index is 1.40. The summed E-state index contributed by atoms with van der Waals surface area (Å²) in [5, 5.41) is 3.69. The van der Waals surface area contributed by atoms with Crippen LogP contribution >= 0.6 is 11.8 Å². The fourth-order valence-electron chi connectivity index (χ4n) is 3.25. The number of nitrogens with zero attached hydrogens (tertiary/aromatic N) is 1. The van der Waals surface area contributed by atoms with Crippen molar-refractivity contribution in [1.82, 2.24) is 10.2 Å². The Kier molecular flexibility index (Phi) is 3.69. The molecule has 3 aliphatic rings. The second-order valence-electron chi connectivity index (χ2n) is 6.31. The van der Waals surface area contributed by atoms with Gasteiger partial charge in [0.2, 0.25) is 0 Å². The van der Waals surface area contributed by atoms with Gasteiger partial charge in [-0.3, -0.25) is 0 Å². The molecule has 3 heteroatoms. The molecule has 1 unspecified atom stereocenters. The topological polar surface area (TPSA) is 15.3 Å². The van der Waals surface area contributed by atoms with E-state index in [9.17, 15) is 0 Å². The van der Waals surface area contributed by atoms with Crippen molar-refractivity contribution in [3.63, 3.8) is 0 Å². The van der Waals surface area contributed by atoms with E-state index in [2.05, 4.69) is 28.2 Å². The lowest BCUT2D eigenvalue weighted by Gasteiger charge is -2.43. The number of hydrogen-bond donors (Lipinski definition) is 1. The molecule has 17 heavy (non-hydrogen) atoms. The van der Waals surface area contributed by atoms with Crippen LogP contribution in [-0.4, -0.2) is 48.1 Å². The molecule has 0 spiro atoms. The maximum absolute atomic E-state index is 3.69. The Morgan fingerprint density at radius 2 is 2.12 bits per heavy atom. The highest BCUT2D eigenvalue weighted by atomic mass is 32.2. The van der Waals surface area contributed by atoms with Crippen molar-refractivity contribution in [2.24, 2.45) is 5.92 Å². The average molecular weight is 254 g/mol. The molecule has 1 atom stereocenters. The first-order valence-corrected chi connectivity index (χ1v) is 8.53. The fraction of sp³-hybridized carbons (Fsp3) is 1.00. The molecule has 0 aromatic carbocycles. The van der Waals surface area contributed by atoms with Crippen LogP contribution in [0.15, 0.2) is 0 Å². The molecule has 0 aromatic rings. The van der Waals surface area contributed by atoms with E-state index in [0.717, 1.165) is 12.0 Å². The van der Waals surface area contributed by atoms with Crippen LogP contribution in [0.3, 0.4) is 0 Å². The third-order valence-electron chi connectivity index (χ3n) is 4.85. The summed E-state index contributed by atoms with van der Waals surface area (Å²) < 4.78 is 0.638. The Morgan fingerprint density at radius 3 is 2.71 bits per heavy atom. The van der Waals surface area contributed by atoms with Crippen LogP contribution in [0.5, 0.6) is 0 Å². The van der Waals surface area contributed by atoms with Gasteiger partial charge in [0.15, 0.2) is 0 Å². The maximum Gasteiger partial charge on any atom is 0.0284 e. The third-order valence-corrected chi connectivity index (χ3v) is 6.26. The van der Waals surface area contributed by atoms with Crippen molar-refractivity contribution in [3.05, 3.63) is 0 Å². The van der Waals surface area contributed by atoms with Crippen molar-refractivity contribution in [1.29, 1.82) is 0 Å². The van der Waals surface area contributed by atoms with Crippen LogP contribution < -0.4 is 5.32 Å².